The van der Waals surface area contributed by atoms with Crippen LogP contribution in [0.1, 0.15) is 6.92 Å². The molecule has 0 rings (SSSR count). The Bertz CT molecular complexity index is 211. The molecule has 0 radical (unpaired) electrons. The molecule has 0 aliphatic heterocycles. The van der Waals surface area contributed by atoms with Gasteiger partial charge < -0.3 is 16.2 Å². The fraction of sp³-hybridized carbons (Fsp3) is 0.250. The Labute approximate surface area is 76.9 Å². The van der Waals surface area contributed by atoms with Gasteiger partial charge in [0, 0.05) is 5.57 Å². The number of nitrogens with one attached hydrogen (secondary N) is 1. The monoisotopic (exact) mass is 186 g/mol. The highest BCUT2D eigenvalue weighted by atomic mass is 16.3. The summed E-state index contributed by atoms with van der Waals surface area (Å²) in [7, 11) is 0. The lowest BCUT2D eigenvalue weighted by Crippen LogP contribution is -2.24. The van der Waals surface area contributed by atoms with Gasteiger partial charge in [-0.25, -0.2) is 0 Å². The number of carbonyl (C=O) groups is 2. The molecule has 0 spiro atoms. The van der Waals surface area contributed by atoms with E-state index in [2.05, 4.69) is 24.2 Å². The molecule has 13 heavy (non-hydrogen) atoms. The molecule has 0 aromatic heterocycles. The summed E-state index contributed by atoms with van der Waals surface area (Å²) in [5.74, 6) is -0.794. The van der Waals surface area contributed by atoms with Gasteiger partial charge in [0.25, 0.3) is 0 Å². The first-order valence-corrected chi connectivity index (χ1v) is 3.42. The summed E-state index contributed by atoms with van der Waals surface area (Å²) in [5.41, 5.74) is 4.94. The van der Waals surface area contributed by atoms with E-state index in [1.165, 1.54) is 0 Å². The Kier molecular flexibility index (Phi) is 9.09. The van der Waals surface area contributed by atoms with Crippen LogP contribution < -0.4 is 11.1 Å². The third-order valence-electron chi connectivity index (χ3n) is 0.828. The number of primary amides is 1. The Morgan fingerprint density at radius 2 is 2.00 bits per heavy atom. The van der Waals surface area contributed by atoms with Crippen molar-refractivity contribution in [3.63, 3.8) is 0 Å². The fourth-order valence-electron chi connectivity index (χ4n) is 0.223. The van der Waals surface area contributed by atoms with E-state index in [9.17, 15) is 9.59 Å². The standard InChI is InChI=1S/C5H9NO2.C3H5NO/c1-4(2)5(8)6-3-7;1-2-3(4)5/h7H,1,3H2,2H3,(H,6,8);2H,1H2,(H2,4,5). The molecule has 0 heterocycles. The van der Waals surface area contributed by atoms with Crippen LogP contribution in [0.5, 0.6) is 0 Å². The molecule has 0 atom stereocenters. The lowest BCUT2D eigenvalue weighted by Gasteiger charge is -1.96. The van der Waals surface area contributed by atoms with Gasteiger partial charge >= 0.3 is 0 Å². The molecule has 5 heteroatoms. The minimum Gasteiger partial charge on any atom is -0.376 e. The quantitative estimate of drug-likeness (QED) is 0.401. The molecule has 0 bridgehead atoms. The highest BCUT2D eigenvalue weighted by molar-refractivity contribution is 5.91. The maximum atomic E-state index is 10.4. The van der Waals surface area contributed by atoms with E-state index in [4.69, 9.17) is 5.11 Å². The molecule has 0 aromatic carbocycles. The SMILES string of the molecule is C=C(C)C(=O)NCO.C=CC(N)=O. The first-order valence-electron chi connectivity index (χ1n) is 3.42. The van der Waals surface area contributed by atoms with Crippen LogP contribution in [0.4, 0.5) is 0 Å². The molecular weight excluding hydrogens is 172 g/mol. The lowest BCUT2D eigenvalue weighted by atomic mass is 10.3. The van der Waals surface area contributed by atoms with Gasteiger partial charge in [-0.2, -0.15) is 0 Å². The highest BCUT2D eigenvalue weighted by Gasteiger charge is 1.95. The third kappa shape index (κ3) is 13.4. The van der Waals surface area contributed by atoms with Crippen molar-refractivity contribution in [1.82, 2.24) is 5.32 Å². The second-order valence-corrected chi connectivity index (χ2v) is 2.05. The van der Waals surface area contributed by atoms with Crippen molar-refractivity contribution in [2.75, 3.05) is 6.73 Å². The zero-order chi connectivity index (χ0) is 10.9. The first kappa shape index (κ1) is 13.9. The summed E-state index contributed by atoms with van der Waals surface area (Å²) in [6.45, 7) is 7.68. The largest absolute Gasteiger partial charge is 0.376 e. The van der Waals surface area contributed by atoms with Crippen LogP contribution >= 0.6 is 0 Å². The van der Waals surface area contributed by atoms with Crippen LogP contribution in [0.15, 0.2) is 24.8 Å². The van der Waals surface area contributed by atoms with E-state index in [0.29, 0.717) is 5.57 Å². The number of rotatable bonds is 3. The van der Waals surface area contributed by atoms with Crippen LogP contribution in [0.3, 0.4) is 0 Å². The van der Waals surface area contributed by atoms with Crippen LogP contribution in [-0.2, 0) is 9.59 Å². The average Bonchev–Trinajstić information content (AvgIpc) is 2.06. The summed E-state index contributed by atoms with van der Waals surface area (Å²) < 4.78 is 0. The Morgan fingerprint density at radius 3 is 2.08 bits per heavy atom. The predicted molar refractivity (Wildman–Crippen MR) is 49.4 cm³/mol. The van der Waals surface area contributed by atoms with Gasteiger partial charge in [0.15, 0.2) is 0 Å². The summed E-state index contributed by atoms with van der Waals surface area (Å²) in [5, 5.41) is 10.3. The molecule has 2 amide bonds. The molecule has 0 aliphatic rings. The van der Waals surface area contributed by atoms with Gasteiger partial charge in [-0.3, -0.25) is 9.59 Å². The van der Waals surface area contributed by atoms with Gasteiger partial charge in [0.2, 0.25) is 11.8 Å². The number of aliphatic hydroxyl groups is 1. The molecule has 74 valence electrons. The van der Waals surface area contributed by atoms with Crippen molar-refractivity contribution in [3.8, 4) is 0 Å². The number of aliphatic hydroxyl groups excluding tert-OH is 1. The number of nitrogens with two attached hydrogens (primary N) is 1. The number of hydrogen-bond acceptors (Lipinski definition) is 3. The molecule has 4 N–H and O–H groups in total. The Balaban J connectivity index is 0. The van der Waals surface area contributed by atoms with Gasteiger partial charge in [0.1, 0.15) is 6.73 Å². The number of amides is 2. The van der Waals surface area contributed by atoms with Crippen molar-refractivity contribution >= 4 is 11.8 Å². The first-order chi connectivity index (χ1) is 5.95. The molecule has 0 aromatic rings. The van der Waals surface area contributed by atoms with Crippen LogP contribution in [0.2, 0.25) is 0 Å². The zero-order valence-electron chi connectivity index (χ0n) is 7.54. The Hall–Kier alpha value is -1.62. The van der Waals surface area contributed by atoms with E-state index in [1.54, 1.807) is 6.92 Å². The van der Waals surface area contributed by atoms with Crippen molar-refractivity contribution in [2.24, 2.45) is 5.73 Å². The summed E-state index contributed by atoms with van der Waals surface area (Å²) >= 11 is 0. The molecule has 0 saturated carbocycles. The molecular formula is C8H14N2O3. The van der Waals surface area contributed by atoms with Crippen LogP contribution in [0, 0.1) is 0 Å². The van der Waals surface area contributed by atoms with Gasteiger partial charge in [-0.05, 0) is 13.0 Å². The molecule has 5 nitrogen and oxygen atoms in total. The second kappa shape index (κ2) is 8.48. The zero-order valence-corrected chi connectivity index (χ0v) is 7.54. The summed E-state index contributed by atoms with van der Waals surface area (Å²) in [4.78, 5) is 19.8. The van der Waals surface area contributed by atoms with E-state index in [-0.39, 0.29) is 12.6 Å². The van der Waals surface area contributed by atoms with Gasteiger partial charge in [0.05, 0.1) is 0 Å². The number of carbonyl (C=O) groups excluding carboxylic acids is 2. The predicted octanol–water partition coefficient (Wildman–Crippen LogP) is -0.714. The molecule has 0 unspecified atom stereocenters. The van der Waals surface area contributed by atoms with Crippen LogP contribution in [-0.4, -0.2) is 23.7 Å². The lowest BCUT2D eigenvalue weighted by molar-refractivity contribution is -0.118. The maximum absolute atomic E-state index is 10.4. The van der Waals surface area contributed by atoms with Crippen molar-refractivity contribution in [2.45, 2.75) is 6.92 Å². The van der Waals surface area contributed by atoms with E-state index in [0.717, 1.165) is 6.08 Å². The maximum Gasteiger partial charge on any atom is 0.248 e. The smallest absolute Gasteiger partial charge is 0.248 e. The molecule has 0 aliphatic carbocycles. The molecule has 0 saturated heterocycles. The van der Waals surface area contributed by atoms with Crippen molar-refractivity contribution < 1.29 is 14.7 Å². The van der Waals surface area contributed by atoms with E-state index < -0.39 is 5.91 Å². The average molecular weight is 186 g/mol. The summed E-state index contributed by atoms with van der Waals surface area (Å²) in [6.07, 6.45) is 1.06. The van der Waals surface area contributed by atoms with Crippen LogP contribution in [0.25, 0.3) is 0 Å². The summed E-state index contributed by atoms with van der Waals surface area (Å²) in [6, 6.07) is 0. The fourth-order valence-corrected chi connectivity index (χ4v) is 0.223. The second-order valence-electron chi connectivity index (χ2n) is 2.05. The normalized spacial score (nSPS) is 7.54. The van der Waals surface area contributed by atoms with Crippen molar-refractivity contribution in [1.29, 1.82) is 0 Å². The van der Waals surface area contributed by atoms with Crippen molar-refractivity contribution in [3.05, 3.63) is 24.8 Å². The van der Waals surface area contributed by atoms with Gasteiger partial charge in [-0.1, -0.05) is 13.2 Å². The third-order valence-corrected chi connectivity index (χ3v) is 0.828. The van der Waals surface area contributed by atoms with E-state index in [1.807, 2.05) is 0 Å². The topological polar surface area (TPSA) is 92.4 Å². The van der Waals surface area contributed by atoms with Gasteiger partial charge in [-0.15, -0.1) is 0 Å². The minimum atomic E-state index is -0.481. The van der Waals surface area contributed by atoms with E-state index >= 15 is 0 Å². The minimum absolute atomic E-state index is 0.312. The number of hydrogen-bond donors (Lipinski definition) is 3. The highest BCUT2D eigenvalue weighted by Crippen LogP contribution is 1.82. The molecule has 0 fully saturated rings. The Morgan fingerprint density at radius 1 is 1.62 bits per heavy atom.